The first-order valence-corrected chi connectivity index (χ1v) is 12.7. The third-order valence-corrected chi connectivity index (χ3v) is 7.51. The Morgan fingerprint density at radius 2 is 2.03 bits per heavy atom. The van der Waals surface area contributed by atoms with Crippen molar-refractivity contribution >= 4 is 63.0 Å². The summed E-state index contributed by atoms with van der Waals surface area (Å²) in [6.45, 7) is 1.16. The molecule has 0 spiro atoms. The number of alkyl halides is 3. The molecule has 3 heterocycles. The summed E-state index contributed by atoms with van der Waals surface area (Å²) in [6, 6.07) is 8.77. The summed E-state index contributed by atoms with van der Waals surface area (Å²) in [7, 11) is 0. The fourth-order valence-electron chi connectivity index (χ4n) is 4.17. The van der Waals surface area contributed by atoms with Crippen molar-refractivity contribution in [2.24, 2.45) is 4.99 Å². The third-order valence-electron chi connectivity index (χ3n) is 5.95. The molecule has 0 unspecified atom stereocenters. The second-order valence-electron chi connectivity index (χ2n) is 8.46. The molecule has 2 aliphatic heterocycles. The number of carbonyl (C=O) groups excluding carboxylic acids is 1. The number of halogens is 5. The number of thioether (sulfide) groups is 1. The highest BCUT2D eigenvalue weighted by Gasteiger charge is 2.34. The van der Waals surface area contributed by atoms with Crippen LogP contribution in [0.25, 0.3) is 17.0 Å². The van der Waals surface area contributed by atoms with E-state index in [9.17, 15) is 23.1 Å². The van der Waals surface area contributed by atoms with Gasteiger partial charge in [-0.05, 0) is 53.2 Å². The number of hydrogen-bond donors (Lipinski definition) is 1. The van der Waals surface area contributed by atoms with Crippen LogP contribution in [0.15, 0.2) is 46.3 Å². The highest BCUT2D eigenvalue weighted by molar-refractivity contribution is 8.18. The highest BCUT2D eigenvalue weighted by Crippen LogP contribution is 2.36. The number of aliphatic hydroxyl groups is 1. The van der Waals surface area contributed by atoms with Gasteiger partial charge in [0.25, 0.3) is 5.91 Å². The maximum absolute atomic E-state index is 13.5. The minimum absolute atomic E-state index is 0.00772. The van der Waals surface area contributed by atoms with Gasteiger partial charge in [-0.25, -0.2) is 0 Å². The molecule has 1 fully saturated rings. The van der Waals surface area contributed by atoms with Crippen molar-refractivity contribution < 1.29 is 27.8 Å². The molecule has 1 amide bonds. The molecule has 0 saturated carbocycles. The SMILES string of the molecule is O=C1N=C(N2CCO[C@H](CO)C2)S/C1=C\c1ccc2c(c1)c(Cl)nn2Cc1ccc(Cl)cc1C(F)(F)F. The van der Waals surface area contributed by atoms with Crippen LogP contribution < -0.4 is 0 Å². The molecule has 1 saturated heterocycles. The van der Waals surface area contributed by atoms with Crippen molar-refractivity contribution in [3.63, 3.8) is 0 Å². The second-order valence-corrected chi connectivity index (χ2v) is 10.3. The predicted octanol–water partition coefficient (Wildman–Crippen LogP) is 5.07. The van der Waals surface area contributed by atoms with Crippen molar-refractivity contribution in [2.75, 3.05) is 26.3 Å². The molecule has 13 heteroatoms. The van der Waals surface area contributed by atoms with E-state index in [1.807, 2.05) is 4.90 Å². The first-order chi connectivity index (χ1) is 17.6. The van der Waals surface area contributed by atoms with Gasteiger partial charge >= 0.3 is 6.18 Å². The lowest BCUT2D eigenvalue weighted by atomic mass is 10.1. The second kappa shape index (κ2) is 10.3. The van der Waals surface area contributed by atoms with Crippen LogP contribution in [0.5, 0.6) is 0 Å². The smallest absolute Gasteiger partial charge is 0.394 e. The molecule has 1 atom stereocenters. The van der Waals surface area contributed by atoms with Crippen LogP contribution in [-0.4, -0.2) is 63.3 Å². The van der Waals surface area contributed by atoms with Crippen LogP contribution in [-0.2, 0) is 22.3 Å². The lowest BCUT2D eigenvalue weighted by Crippen LogP contribution is -2.45. The van der Waals surface area contributed by atoms with Crippen LogP contribution in [0.4, 0.5) is 13.2 Å². The topological polar surface area (TPSA) is 80.0 Å². The molecule has 1 N–H and O–H groups in total. The van der Waals surface area contributed by atoms with Gasteiger partial charge in [0.15, 0.2) is 10.3 Å². The van der Waals surface area contributed by atoms with Gasteiger partial charge in [0, 0.05) is 23.5 Å². The Labute approximate surface area is 223 Å². The summed E-state index contributed by atoms with van der Waals surface area (Å²) in [4.78, 5) is 19.0. The van der Waals surface area contributed by atoms with E-state index in [0.29, 0.717) is 46.2 Å². The number of morpholine rings is 1. The molecule has 2 aromatic carbocycles. The molecule has 0 radical (unpaired) electrons. The number of amides is 1. The summed E-state index contributed by atoms with van der Waals surface area (Å²) >= 11 is 13.4. The van der Waals surface area contributed by atoms with Gasteiger partial charge in [0.1, 0.15) is 0 Å². The zero-order valence-electron chi connectivity index (χ0n) is 19.0. The zero-order valence-corrected chi connectivity index (χ0v) is 21.3. The Balaban J connectivity index is 1.39. The van der Waals surface area contributed by atoms with E-state index in [2.05, 4.69) is 10.1 Å². The first-order valence-electron chi connectivity index (χ1n) is 11.1. The Morgan fingerprint density at radius 1 is 1.22 bits per heavy atom. The Morgan fingerprint density at radius 3 is 2.78 bits per heavy atom. The van der Waals surface area contributed by atoms with Crippen LogP contribution >= 0.6 is 35.0 Å². The van der Waals surface area contributed by atoms with E-state index in [0.717, 1.165) is 6.07 Å². The Kier molecular flexibility index (Phi) is 7.25. The van der Waals surface area contributed by atoms with E-state index >= 15 is 0 Å². The van der Waals surface area contributed by atoms with E-state index in [1.165, 1.54) is 28.6 Å². The van der Waals surface area contributed by atoms with Gasteiger partial charge < -0.3 is 14.7 Å². The third kappa shape index (κ3) is 5.51. The summed E-state index contributed by atoms with van der Waals surface area (Å²) in [5, 5.41) is 14.8. The summed E-state index contributed by atoms with van der Waals surface area (Å²) < 4.78 is 47.4. The molecule has 7 nitrogen and oxygen atoms in total. The predicted molar refractivity (Wildman–Crippen MR) is 137 cm³/mol. The van der Waals surface area contributed by atoms with E-state index in [4.69, 9.17) is 27.9 Å². The minimum atomic E-state index is -4.57. The minimum Gasteiger partial charge on any atom is -0.394 e. The Hall–Kier alpha value is -2.57. The number of hydrogen-bond acceptors (Lipinski definition) is 6. The van der Waals surface area contributed by atoms with Crippen LogP contribution in [0.1, 0.15) is 16.7 Å². The van der Waals surface area contributed by atoms with Crippen LogP contribution in [0.2, 0.25) is 10.2 Å². The number of aliphatic imine (C=N–C) groups is 1. The maximum atomic E-state index is 13.5. The molecule has 37 heavy (non-hydrogen) atoms. The summed E-state index contributed by atoms with van der Waals surface area (Å²) in [5.74, 6) is -0.378. The van der Waals surface area contributed by atoms with E-state index in [-0.39, 0.29) is 40.9 Å². The lowest BCUT2D eigenvalue weighted by Gasteiger charge is -2.32. The average Bonchev–Trinajstić information content (AvgIpc) is 3.38. The van der Waals surface area contributed by atoms with Gasteiger partial charge in [-0.2, -0.15) is 23.3 Å². The standard InChI is InChI=1S/C24H19Cl2F3N4O3S/c25-15-3-2-14(18(9-15)24(27,28)29)10-33-19-4-1-13(7-17(19)21(26)31-33)8-20-22(35)30-23(37-20)32-5-6-36-16(11-32)12-34/h1-4,7-9,16,34H,5-6,10-12H2/b20-8-/t16-/m0/s1. The monoisotopic (exact) mass is 570 g/mol. The molecular weight excluding hydrogens is 552 g/mol. The first kappa shape index (κ1) is 26.1. The fraction of sp³-hybridized carbons (Fsp3) is 0.292. The molecule has 0 aliphatic carbocycles. The number of fused-ring (bicyclic) bond motifs is 1. The lowest BCUT2D eigenvalue weighted by molar-refractivity contribution is -0.138. The summed E-state index contributed by atoms with van der Waals surface area (Å²) in [6.07, 6.45) is -3.22. The van der Waals surface area contributed by atoms with Crippen molar-refractivity contribution in [2.45, 2.75) is 18.8 Å². The number of rotatable bonds is 4. The Bertz CT molecular complexity index is 1440. The van der Waals surface area contributed by atoms with Crippen molar-refractivity contribution in [1.29, 1.82) is 0 Å². The van der Waals surface area contributed by atoms with Gasteiger partial charge in [0.2, 0.25) is 0 Å². The quantitative estimate of drug-likeness (QED) is 0.441. The number of benzene rings is 2. The zero-order chi connectivity index (χ0) is 26.3. The fourth-order valence-corrected chi connectivity index (χ4v) is 5.53. The van der Waals surface area contributed by atoms with Gasteiger partial charge in [-0.3, -0.25) is 9.48 Å². The largest absolute Gasteiger partial charge is 0.416 e. The average molecular weight is 571 g/mol. The number of amidine groups is 1. The van der Waals surface area contributed by atoms with Crippen LogP contribution in [0, 0.1) is 0 Å². The van der Waals surface area contributed by atoms with Crippen molar-refractivity contribution in [3.8, 4) is 0 Å². The maximum Gasteiger partial charge on any atom is 0.416 e. The number of aromatic nitrogens is 2. The molecular formula is C24H19Cl2F3N4O3S. The van der Waals surface area contributed by atoms with Gasteiger partial charge in [-0.1, -0.05) is 35.3 Å². The van der Waals surface area contributed by atoms with Gasteiger partial charge in [0.05, 0.1) is 41.8 Å². The van der Waals surface area contributed by atoms with Crippen molar-refractivity contribution in [3.05, 3.63) is 68.2 Å². The van der Waals surface area contributed by atoms with Crippen LogP contribution in [0.3, 0.4) is 0 Å². The van der Waals surface area contributed by atoms with E-state index < -0.39 is 11.7 Å². The molecule has 194 valence electrons. The molecule has 3 aromatic rings. The number of aliphatic hydroxyl groups excluding tert-OH is 1. The molecule has 2 aliphatic rings. The number of ether oxygens (including phenoxy) is 1. The highest BCUT2D eigenvalue weighted by atomic mass is 35.5. The number of carbonyl (C=O) groups is 1. The van der Waals surface area contributed by atoms with E-state index in [1.54, 1.807) is 24.3 Å². The molecule has 5 rings (SSSR count). The van der Waals surface area contributed by atoms with Crippen molar-refractivity contribution in [1.82, 2.24) is 14.7 Å². The molecule has 0 bridgehead atoms. The molecule has 1 aromatic heterocycles. The summed E-state index contributed by atoms with van der Waals surface area (Å²) in [5.41, 5.74) is 0.382. The number of nitrogens with zero attached hydrogens (tertiary/aromatic N) is 4. The van der Waals surface area contributed by atoms with Gasteiger partial charge in [-0.15, -0.1) is 0 Å². The normalized spacial score (nSPS) is 19.8.